The standard InChI is InChI=1S/C12H13FN2O/c1-8(14)5-11-7-16-12(15-11)9-3-2-4-10(13)6-9/h2-4,6-8H,5,14H2,1H3. The average molecular weight is 220 g/mol. The van der Waals surface area contributed by atoms with Gasteiger partial charge >= 0.3 is 0 Å². The first-order chi connectivity index (χ1) is 7.65. The summed E-state index contributed by atoms with van der Waals surface area (Å²) in [7, 11) is 0. The quantitative estimate of drug-likeness (QED) is 0.863. The summed E-state index contributed by atoms with van der Waals surface area (Å²) in [6.07, 6.45) is 2.21. The number of halogens is 1. The summed E-state index contributed by atoms with van der Waals surface area (Å²) in [6.45, 7) is 1.90. The summed E-state index contributed by atoms with van der Waals surface area (Å²) < 4.78 is 18.3. The number of nitrogens with two attached hydrogens (primary N) is 1. The highest BCUT2D eigenvalue weighted by molar-refractivity contribution is 5.52. The van der Waals surface area contributed by atoms with E-state index in [0.29, 0.717) is 17.9 Å². The van der Waals surface area contributed by atoms with Crippen LogP contribution in [0.25, 0.3) is 11.5 Å². The topological polar surface area (TPSA) is 52.0 Å². The summed E-state index contributed by atoms with van der Waals surface area (Å²) in [5, 5.41) is 0. The van der Waals surface area contributed by atoms with Gasteiger partial charge in [0.05, 0.1) is 5.69 Å². The van der Waals surface area contributed by atoms with Gasteiger partial charge in [-0.2, -0.15) is 0 Å². The minimum Gasteiger partial charge on any atom is -0.444 e. The van der Waals surface area contributed by atoms with Crippen LogP contribution >= 0.6 is 0 Å². The van der Waals surface area contributed by atoms with Crippen molar-refractivity contribution in [1.29, 1.82) is 0 Å². The van der Waals surface area contributed by atoms with E-state index in [0.717, 1.165) is 5.69 Å². The van der Waals surface area contributed by atoms with Crippen LogP contribution in [0, 0.1) is 5.82 Å². The third-order valence-electron chi connectivity index (χ3n) is 2.15. The van der Waals surface area contributed by atoms with Crippen molar-refractivity contribution in [3.8, 4) is 11.5 Å². The predicted molar refractivity (Wildman–Crippen MR) is 59.3 cm³/mol. The highest BCUT2D eigenvalue weighted by Gasteiger charge is 2.08. The molecular formula is C12H13FN2O. The van der Waals surface area contributed by atoms with Crippen molar-refractivity contribution >= 4 is 0 Å². The Kier molecular flexibility index (Phi) is 3.01. The van der Waals surface area contributed by atoms with E-state index in [-0.39, 0.29) is 11.9 Å². The van der Waals surface area contributed by atoms with E-state index >= 15 is 0 Å². The van der Waals surface area contributed by atoms with Gasteiger partial charge < -0.3 is 10.2 Å². The third kappa shape index (κ3) is 2.46. The maximum absolute atomic E-state index is 13.0. The molecule has 1 aromatic carbocycles. The molecule has 1 heterocycles. The summed E-state index contributed by atoms with van der Waals surface area (Å²) in [5.74, 6) is 0.125. The van der Waals surface area contributed by atoms with Crippen LogP contribution in [0.2, 0.25) is 0 Å². The van der Waals surface area contributed by atoms with Gasteiger partial charge in [-0.1, -0.05) is 6.07 Å². The van der Waals surface area contributed by atoms with E-state index in [4.69, 9.17) is 10.2 Å². The van der Waals surface area contributed by atoms with Crippen LogP contribution in [0.1, 0.15) is 12.6 Å². The molecule has 1 atom stereocenters. The second-order valence-corrected chi connectivity index (χ2v) is 3.84. The molecule has 1 aromatic heterocycles. The molecule has 0 saturated carbocycles. The van der Waals surface area contributed by atoms with Crippen molar-refractivity contribution in [3.05, 3.63) is 42.0 Å². The molecule has 0 radical (unpaired) electrons. The van der Waals surface area contributed by atoms with Crippen LogP contribution in [0.15, 0.2) is 34.9 Å². The molecule has 16 heavy (non-hydrogen) atoms. The van der Waals surface area contributed by atoms with Crippen LogP contribution in [-0.2, 0) is 6.42 Å². The Hall–Kier alpha value is -1.68. The largest absolute Gasteiger partial charge is 0.444 e. The lowest BCUT2D eigenvalue weighted by atomic mass is 10.2. The van der Waals surface area contributed by atoms with Gasteiger partial charge in [0.25, 0.3) is 0 Å². The molecular weight excluding hydrogens is 207 g/mol. The Morgan fingerprint density at radius 1 is 1.50 bits per heavy atom. The molecule has 0 aliphatic carbocycles. The van der Waals surface area contributed by atoms with E-state index in [2.05, 4.69) is 4.98 Å². The Balaban J connectivity index is 2.24. The lowest BCUT2D eigenvalue weighted by molar-refractivity contribution is 0.569. The first kappa shape index (κ1) is 10.8. The van der Waals surface area contributed by atoms with Crippen LogP contribution in [-0.4, -0.2) is 11.0 Å². The number of hydrogen-bond donors (Lipinski definition) is 1. The fourth-order valence-corrected chi connectivity index (χ4v) is 1.48. The Morgan fingerprint density at radius 2 is 2.31 bits per heavy atom. The maximum Gasteiger partial charge on any atom is 0.226 e. The van der Waals surface area contributed by atoms with E-state index in [1.54, 1.807) is 18.4 Å². The van der Waals surface area contributed by atoms with Crippen molar-refractivity contribution in [2.75, 3.05) is 0 Å². The van der Waals surface area contributed by atoms with Crippen LogP contribution in [0.5, 0.6) is 0 Å². The van der Waals surface area contributed by atoms with Gasteiger partial charge in [0.15, 0.2) is 0 Å². The Morgan fingerprint density at radius 3 is 3.00 bits per heavy atom. The lowest BCUT2D eigenvalue weighted by Gasteiger charge is -1.98. The van der Waals surface area contributed by atoms with E-state index in [9.17, 15) is 4.39 Å². The molecule has 4 heteroatoms. The summed E-state index contributed by atoms with van der Waals surface area (Å²) >= 11 is 0. The summed E-state index contributed by atoms with van der Waals surface area (Å²) in [5.41, 5.74) is 7.08. The van der Waals surface area contributed by atoms with Crippen molar-refractivity contribution < 1.29 is 8.81 Å². The van der Waals surface area contributed by atoms with Gasteiger partial charge in [-0.15, -0.1) is 0 Å². The molecule has 0 aliphatic rings. The molecule has 2 N–H and O–H groups in total. The second kappa shape index (κ2) is 4.45. The van der Waals surface area contributed by atoms with Gasteiger partial charge in [-0.3, -0.25) is 0 Å². The van der Waals surface area contributed by atoms with Crippen LogP contribution in [0.3, 0.4) is 0 Å². The molecule has 84 valence electrons. The summed E-state index contributed by atoms with van der Waals surface area (Å²) in [6, 6.07) is 6.19. The number of nitrogens with zero attached hydrogens (tertiary/aromatic N) is 1. The highest BCUT2D eigenvalue weighted by Crippen LogP contribution is 2.19. The molecule has 2 rings (SSSR count). The molecule has 3 nitrogen and oxygen atoms in total. The molecule has 0 aliphatic heterocycles. The van der Waals surface area contributed by atoms with Gasteiger partial charge in [-0.05, 0) is 25.1 Å². The molecule has 0 saturated heterocycles. The van der Waals surface area contributed by atoms with Crippen molar-refractivity contribution in [2.45, 2.75) is 19.4 Å². The van der Waals surface area contributed by atoms with Crippen LogP contribution < -0.4 is 5.73 Å². The van der Waals surface area contributed by atoms with Crippen LogP contribution in [0.4, 0.5) is 4.39 Å². The average Bonchev–Trinajstić information content (AvgIpc) is 2.65. The minimum atomic E-state index is -0.301. The fourth-order valence-electron chi connectivity index (χ4n) is 1.48. The normalized spacial score (nSPS) is 12.7. The number of hydrogen-bond acceptors (Lipinski definition) is 3. The fraction of sp³-hybridized carbons (Fsp3) is 0.250. The smallest absolute Gasteiger partial charge is 0.226 e. The minimum absolute atomic E-state index is 0.0328. The summed E-state index contributed by atoms with van der Waals surface area (Å²) in [4.78, 5) is 4.25. The first-order valence-corrected chi connectivity index (χ1v) is 5.11. The zero-order valence-corrected chi connectivity index (χ0v) is 8.98. The SMILES string of the molecule is CC(N)Cc1coc(-c2cccc(F)c2)n1. The highest BCUT2D eigenvalue weighted by atomic mass is 19.1. The van der Waals surface area contributed by atoms with Crippen molar-refractivity contribution in [1.82, 2.24) is 4.98 Å². The van der Waals surface area contributed by atoms with Gasteiger partial charge in [0.1, 0.15) is 12.1 Å². The Bertz CT molecular complexity index is 479. The van der Waals surface area contributed by atoms with E-state index in [1.165, 1.54) is 12.1 Å². The Labute approximate surface area is 93.1 Å². The lowest BCUT2D eigenvalue weighted by Crippen LogP contribution is -2.17. The monoisotopic (exact) mass is 220 g/mol. The van der Waals surface area contributed by atoms with Gasteiger partial charge in [0.2, 0.25) is 5.89 Å². The first-order valence-electron chi connectivity index (χ1n) is 5.11. The van der Waals surface area contributed by atoms with Crippen molar-refractivity contribution in [2.24, 2.45) is 5.73 Å². The number of aromatic nitrogens is 1. The molecule has 1 unspecified atom stereocenters. The predicted octanol–water partition coefficient (Wildman–Crippen LogP) is 2.37. The number of benzene rings is 1. The molecule has 0 bridgehead atoms. The zero-order chi connectivity index (χ0) is 11.5. The molecule has 2 aromatic rings. The third-order valence-corrected chi connectivity index (χ3v) is 2.15. The molecule has 0 fully saturated rings. The van der Waals surface area contributed by atoms with Gasteiger partial charge in [-0.25, -0.2) is 9.37 Å². The van der Waals surface area contributed by atoms with E-state index < -0.39 is 0 Å². The zero-order valence-electron chi connectivity index (χ0n) is 8.98. The maximum atomic E-state index is 13.0. The molecule has 0 spiro atoms. The van der Waals surface area contributed by atoms with Gasteiger partial charge in [0, 0.05) is 18.0 Å². The molecule has 0 amide bonds. The number of oxazole rings is 1. The van der Waals surface area contributed by atoms with E-state index in [1.807, 2.05) is 6.92 Å². The number of rotatable bonds is 3. The second-order valence-electron chi connectivity index (χ2n) is 3.84. The van der Waals surface area contributed by atoms with Crippen molar-refractivity contribution in [3.63, 3.8) is 0 Å².